The summed E-state index contributed by atoms with van der Waals surface area (Å²) in [7, 11) is 0. The van der Waals surface area contributed by atoms with Gasteiger partial charge in [-0.05, 0) is 18.1 Å². The predicted octanol–water partition coefficient (Wildman–Crippen LogP) is -0.362. The maximum Gasteiger partial charge on any atom is 0.351 e. The molecule has 0 radical (unpaired) electrons. The average molecular weight is 410 g/mol. The van der Waals surface area contributed by atoms with Gasteiger partial charge in [0.1, 0.15) is 11.9 Å². The van der Waals surface area contributed by atoms with E-state index >= 15 is 0 Å². The lowest BCUT2D eigenvalue weighted by molar-refractivity contribution is -0.141. The second-order valence-electron chi connectivity index (χ2n) is 6.62. The highest BCUT2D eigenvalue weighted by Crippen LogP contribution is 2.41. The van der Waals surface area contributed by atoms with Crippen molar-refractivity contribution in [2.45, 2.75) is 36.8 Å². The lowest BCUT2D eigenvalue weighted by Gasteiger charge is -2.21. The minimum Gasteiger partial charge on any atom is -0.394 e. The van der Waals surface area contributed by atoms with Crippen LogP contribution >= 0.6 is 0 Å². The number of aliphatic hydroxyl groups is 2. The first-order valence-electron chi connectivity index (χ1n) is 8.75. The molecule has 0 saturated carbocycles. The maximum atomic E-state index is 14.2. The highest BCUT2D eigenvalue weighted by molar-refractivity contribution is 5.93. The summed E-state index contributed by atoms with van der Waals surface area (Å²) < 4.78 is 33.7. The van der Waals surface area contributed by atoms with Crippen LogP contribution < -0.4 is 16.7 Å². The van der Waals surface area contributed by atoms with E-state index in [9.17, 15) is 23.5 Å². The molecular weight excluding hydrogens is 390 g/mol. The Labute approximate surface area is 163 Å². The number of benzene rings is 1. The molecule has 1 aromatic heterocycles. The molecule has 1 aliphatic rings. The van der Waals surface area contributed by atoms with Crippen molar-refractivity contribution in [1.29, 1.82) is 0 Å². The van der Waals surface area contributed by atoms with Crippen LogP contribution in [-0.2, 0) is 16.0 Å². The number of hydrogen-bond donors (Lipinski definition) is 4. The summed E-state index contributed by atoms with van der Waals surface area (Å²) in [6.07, 6.45) is -4.75. The summed E-state index contributed by atoms with van der Waals surface area (Å²) in [4.78, 5) is 27.9. The lowest BCUT2D eigenvalue weighted by Crippen LogP contribution is -2.42. The van der Waals surface area contributed by atoms with Crippen LogP contribution in [0.1, 0.15) is 11.8 Å². The van der Waals surface area contributed by atoms with Crippen molar-refractivity contribution in [3.63, 3.8) is 0 Å². The number of aliphatic hydroxyl groups excluding tert-OH is 2. The summed E-state index contributed by atoms with van der Waals surface area (Å²) in [5.41, 5.74) is 5.57. The average Bonchev–Trinajstić information content (AvgIpc) is 2.92. The predicted molar refractivity (Wildman–Crippen MR) is 97.2 cm³/mol. The van der Waals surface area contributed by atoms with Crippen LogP contribution in [0.4, 0.5) is 14.6 Å². The Morgan fingerprint density at radius 2 is 2.03 bits per heavy atom. The zero-order chi connectivity index (χ0) is 21.2. The molecule has 5 N–H and O–H groups in total. The van der Waals surface area contributed by atoms with Gasteiger partial charge < -0.3 is 26.0 Å². The molecule has 9 nitrogen and oxygen atoms in total. The molecule has 11 heteroatoms. The first-order valence-corrected chi connectivity index (χ1v) is 8.75. The van der Waals surface area contributed by atoms with E-state index in [0.29, 0.717) is 4.57 Å². The van der Waals surface area contributed by atoms with E-state index in [-0.39, 0.29) is 12.2 Å². The fraction of sp³-hybridized carbons (Fsp3) is 0.389. The van der Waals surface area contributed by atoms with E-state index in [1.54, 1.807) is 12.1 Å². The minimum absolute atomic E-state index is 0.166. The largest absolute Gasteiger partial charge is 0.394 e. The Morgan fingerprint density at radius 3 is 2.62 bits per heavy atom. The van der Waals surface area contributed by atoms with E-state index in [0.717, 1.165) is 17.8 Å². The van der Waals surface area contributed by atoms with Crippen LogP contribution in [0.25, 0.3) is 0 Å². The molecule has 0 aliphatic carbocycles. The van der Waals surface area contributed by atoms with Crippen LogP contribution in [0, 0.1) is 0 Å². The molecule has 156 valence electrons. The monoisotopic (exact) mass is 410 g/mol. The first kappa shape index (κ1) is 21.0. The Hall–Kier alpha value is -2.73. The summed E-state index contributed by atoms with van der Waals surface area (Å²) in [5, 5.41) is 20.9. The minimum atomic E-state index is -3.82. The van der Waals surface area contributed by atoms with Gasteiger partial charge in [0.25, 0.3) is 0 Å². The van der Waals surface area contributed by atoms with Crippen LogP contribution in [0.3, 0.4) is 0 Å². The van der Waals surface area contributed by atoms with Gasteiger partial charge in [0.05, 0.1) is 12.6 Å². The number of nitrogens with zero attached hydrogens (tertiary/aromatic N) is 2. The Morgan fingerprint density at radius 1 is 1.34 bits per heavy atom. The quantitative estimate of drug-likeness (QED) is 0.510. The number of nitrogens with one attached hydrogen (secondary N) is 1. The fourth-order valence-electron chi connectivity index (χ4n) is 2.96. The van der Waals surface area contributed by atoms with Crippen molar-refractivity contribution in [3.8, 4) is 0 Å². The van der Waals surface area contributed by atoms with Crippen molar-refractivity contribution >= 4 is 11.7 Å². The number of amides is 1. The van der Waals surface area contributed by atoms with Crippen molar-refractivity contribution in [1.82, 2.24) is 9.55 Å². The van der Waals surface area contributed by atoms with Crippen molar-refractivity contribution in [2.24, 2.45) is 5.73 Å². The fourth-order valence-corrected chi connectivity index (χ4v) is 2.96. The molecule has 1 saturated heterocycles. The lowest BCUT2D eigenvalue weighted by atomic mass is 10.1. The highest BCUT2D eigenvalue weighted by Gasteiger charge is 2.59. The third-order valence-corrected chi connectivity index (χ3v) is 4.53. The van der Waals surface area contributed by atoms with Gasteiger partial charge in [-0.2, -0.15) is 13.8 Å². The number of ether oxygens (including phenoxy) is 1. The Balaban J connectivity index is 1.71. The van der Waals surface area contributed by atoms with Gasteiger partial charge in [0.2, 0.25) is 12.1 Å². The number of anilines is 1. The van der Waals surface area contributed by atoms with Gasteiger partial charge in [-0.15, -0.1) is 0 Å². The number of nitrogens with two attached hydrogens (primary N) is 1. The summed E-state index contributed by atoms with van der Waals surface area (Å²) in [6, 6.07) is 9.27. The molecule has 29 heavy (non-hydrogen) atoms. The molecule has 2 aromatic rings. The molecule has 3 rings (SSSR count). The smallest absolute Gasteiger partial charge is 0.351 e. The third-order valence-electron chi connectivity index (χ3n) is 4.53. The molecule has 1 aliphatic heterocycles. The third kappa shape index (κ3) is 4.32. The van der Waals surface area contributed by atoms with Crippen LogP contribution in [0.2, 0.25) is 0 Å². The number of carbonyl (C=O) groups excluding carboxylic acids is 1. The van der Waals surface area contributed by atoms with Gasteiger partial charge in [0, 0.05) is 6.20 Å². The summed E-state index contributed by atoms with van der Waals surface area (Å²) in [5.74, 6) is -4.58. The molecule has 2 heterocycles. The van der Waals surface area contributed by atoms with E-state index in [1.807, 2.05) is 18.2 Å². The van der Waals surface area contributed by atoms with Gasteiger partial charge in [-0.3, -0.25) is 9.36 Å². The number of halogens is 2. The zero-order valence-electron chi connectivity index (χ0n) is 15.1. The van der Waals surface area contributed by atoms with E-state index in [4.69, 9.17) is 15.6 Å². The van der Waals surface area contributed by atoms with Gasteiger partial charge >= 0.3 is 11.6 Å². The normalized spacial score (nSPS) is 24.2. The van der Waals surface area contributed by atoms with Crippen LogP contribution in [0.15, 0.2) is 47.4 Å². The number of carbonyl (C=O) groups is 1. The maximum absolute atomic E-state index is 14.2. The van der Waals surface area contributed by atoms with Crippen molar-refractivity contribution in [3.05, 3.63) is 58.6 Å². The second kappa shape index (κ2) is 8.33. The van der Waals surface area contributed by atoms with E-state index < -0.39 is 48.6 Å². The van der Waals surface area contributed by atoms with E-state index in [1.165, 1.54) is 0 Å². The van der Waals surface area contributed by atoms with Crippen molar-refractivity contribution in [2.75, 3.05) is 11.9 Å². The van der Waals surface area contributed by atoms with Crippen LogP contribution in [-0.4, -0.2) is 56.5 Å². The highest BCUT2D eigenvalue weighted by atomic mass is 19.3. The number of alkyl halides is 2. The molecule has 0 bridgehead atoms. The summed E-state index contributed by atoms with van der Waals surface area (Å²) in [6.45, 7) is -0.844. The number of rotatable bonds is 6. The Bertz CT molecular complexity index is 924. The molecule has 0 spiro atoms. The van der Waals surface area contributed by atoms with Gasteiger partial charge in [-0.25, -0.2) is 4.79 Å². The topological polar surface area (TPSA) is 140 Å². The first-order chi connectivity index (χ1) is 13.7. The molecular formula is C18H20F2N4O5. The molecule has 4 atom stereocenters. The molecule has 0 unspecified atom stereocenters. The molecule has 1 fully saturated rings. The molecule has 1 aromatic carbocycles. The SMILES string of the molecule is N[C@@H](Cc1ccccc1)C(=O)Nc1ccn([C@@H]2O[C@H](CO)[C@@H](O)C2(F)F)c(=O)n1. The van der Waals surface area contributed by atoms with E-state index in [2.05, 4.69) is 10.3 Å². The van der Waals surface area contributed by atoms with Crippen molar-refractivity contribution < 1.29 is 28.5 Å². The standard InChI is InChI=1S/C18H20F2N4O5/c19-18(20)14(26)12(9-25)29-16(18)24-7-6-13(23-17(24)28)22-15(27)11(21)8-10-4-2-1-3-5-10/h1-7,11-12,14,16,25-26H,8-9,21H2,(H,22,23,27,28)/t11-,12+,14+,16+/m0/s1. The second-order valence-corrected chi connectivity index (χ2v) is 6.62. The van der Waals surface area contributed by atoms with Gasteiger partial charge in [-0.1, -0.05) is 30.3 Å². The van der Waals surface area contributed by atoms with Gasteiger partial charge in [0.15, 0.2) is 6.10 Å². The number of aromatic nitrogens is 2. The van der Waals surface area contributed by atoms with Crippen LogP contribution in [0.5, 0.6) is 0 Å². The summed E-state index contributed by atoms with van der Waals surface area (Å²) >= 11 is 0. The number of hydrogen-bond acceptors (Lipinski definition) is 7. The Kier molecular flexibility index (Phi) is 6.03. The zero-order valence-corrected chi connectivity index (χ0v) is 15.1. The molecule has 1 amide bonds.